The van der Waals surface area contributed by atoms with E-state index in [0.29, 0.717) is 22.5 Å². The van der Waals surface area contributed by atoms with Gasteiger partial charge in [0.25, 0.3) is 10.0 Å². The van der Waals surface area contributed by atoms with Crippen LogP contribution in [0.3, 0.4) is 0 Å². The summed E-state index contributed by atoms with van der Waals surface area (Å²) >= 11 is 0.712. The number of aromatic hydroxyl groups is 1. The highest BCUT2D eigenvalue weighted by Crippen LogP contribution is 2.30. The van der Waals surface area contributed by atoms with Crippen molar-refractivity contribution in [3.63, 3.8) is 0 Å². The summed E-state index contributed by atoms with van der Waals surface area (Å²) in [5.74, 6) is -1.43. The zero-order valence-electron chi connectivity index (χ0n) is 11.1. The second kappa shape index (κ2) is 5.34. The number of phenolic OH excluding ortho intramolecular Hbond substituents is 1. The molecule has 21 heavy (non-hydrogen) atoms. The van der Waals surface area contributed by atoms with Gasteiger partial charge in [-0.15, -0.1) is 11.3 Å². The maximum atomic E-state index is 12.3. The Kier molecular flexibility index (Phi) is 3.88. The van der Waals surface area contributed by atoms with E-state index in [4.69, 9.17) is 5.11 Å². The van der Waals surface area contributed by atoms with Crippen LogP contribution in [0.5, 0.6) is 5.75 Å². The van der Waals surface area contributed by atoms with Crippen molar-refractivity contribution in [1.29, 1.82) is 0 Å². The van der Waals surface area contributed by atoms with Crippen LogP contribution in [0.4, 0.5) is 5.69 Å². The number of hydrogen-bond acceptors (Lipinski definition) is 6. The number of aromatic nitrogens is 1. The monoisotopic (exact) mass is 328 g/mol. The van der Waals surface area contributed by atoms with Crippen LogP contribution in [0.15, 0.2) is 21.9 Å². The number of aryl methyl sites for hydroxylation is 1. The smallest absolute Gasteiger partial charge is 0.356 e. The molecule has 0 spiro atoms. The summed E-state index contributed by atoms with van der Waals surface area (Å²) in [4.78, 5) is 14.5. The molecule has 1 aromatic carbocycles. The van der Waals surface area contributed by atoms with Crippen LogP contribution in [0.1, 0.15) is 21.6 Å². The molecule has 0 aliphatic heterocycles. The van der Waals surface area contributed by atoms with Crippen LogP contribution in [-0.2, 0) is 10.0 Å². The standard InChI is InChI=1S/C12H12N2O5S2/c1-6-3-4-8(7(2)10(6)15)14-21(18,19)12-9(11(16)17)13-5-20-12/h3-5,14-15H,1-2H3,(H,16,17). The van der Waals surface area contributed by atoms with Crippen molar-refractivity contribution in [3.05, 3.63) is 34.5 Å². The van der Waals surface area contributed by atoms with E-state index in [1.165, 1.54) is 6.07 Å². The number of phenols is 1. The Balaban J connectivity index is 2.45. The number of carbonyl (C=O) groups is 1. The van der Waals surface area contributed by atoms with E-state index >= 15 is 0 Å². The zero-order chi connectivity index (χ0) is 15.8. The number of sulfonamides is 1. The van der Waals surface area contributed by atoms with Gasteiger partial charge in [-0.05, 0) is 25.5 Å². The fourth-order valence-corrected chi connectivity index (χ4v) is 3.97. The number of carboxylic acid groups (broad SMARTS) is 1. The summed E-state index contributed by atoms with van der Waals surface area (Å²) < 4.78 is 26.4. The summed E-state index contributed by atoms with van der Waals surface area (Å²) in [6, 6.07) is 3.06. The maximum absolute atomic E-state index is 12.3. The van der Waals surface area contributed by atoms with Crippen LogP contribution in [0.25, 0.3) is 0 Å². The Morgan fingerprint density at radius 1 is 1.33 bits per heavy atom. The van der Waals surface area contributed by atoms with E-state index in [9.17, 15) is 18.3 Å². The average molecular weight is 328 g/mol. The summed E-state index contributed by atoms with van der Waals surface area (Å²) in [6.07, 6.45) is 0. The van der Waals surface area contributed by atoms with E-state index in [-0.39, 0.29) is 15.6 Å². The predicted octanol–water partition coefficient (Wildman–Crippen LogP) is 1.96. The number of carboxylic acids is 1. The fraction of sp³-hybridized carbons (Fsp3) is 0.167. The topological polar surface area (TPSA) is 117 Å². The van der Waals surface area contributed by atoms with Crippen molar-refractivity contribution in [2.75, 3.05) is 4.72 Å². The van der Waals surface area contributed by atoms with Crippen LogP contribution >= 0.6 is 11.3 Å². The zero-order valence-corrected chi connectivity index (χ0v) is 12.7. The van der Waals surface area contributed by atoms with Gasteiger partial charge in [0.05, 0.1) is 11.2 Å². The Bertz CT molecular complexity index is 811. The minimum Gasteiger partial charge on any atom is -0.507 e. The summed E-state index contributed by atoms with van der Waals surface area (Å²) in [5, 5.41) is 18.7. The number of nitrogens with zero attached hydrogens (tertiary/aromatic N) is 1. The molecule has 0 aliphatic carbocycles. The van der Waals surface area contributed by atoms with Gasteiger partial charge in [0.15, 0.2) is 9.90 Å². The van der Waals surface area contributed by atoms with E-state index in [1.807, 2.05) is 0 Å². The lowest BCUT2D eigenvalue weighted by molar-refractivity contribution is 0.0687. The largest absolute Gasteiger partial charge is 0.507 e. The molecule has 0 bridgehead atoms. The minimum absolute atomic E-state index is 0.0158. The van der Waals surface area contributed by atoms with Gasteiger partial charge in [-0.3, -0.25) is 4.72 Å². The van der Waals surface area contributed by atoms with Crippen molar-refractivity contribution < 1.29 is 23.4 Å². The normalized spacial score (nSPS) is 11.3. The Labute approximate surface area is 125 Å². The van der Waals surface area contributed by atoms with E-state index in [2.05, 4.69) is 9.71 Å². The molecule has 0 amide bonds. The molecular formula is C12H12N2O5S2. The lowest BCUT2D eigenvalue weighted by Crippen LogP contribution is -2.16. The minimum atomic E-state index is -4.08. The van der Waals surface area contributed by atoms with Gasteiger partial charge in [0.2, 0.25) is 0 Å². The summed E-state index contributed by atoms with van der Waals surface area (Å²) in [7, 11) is -4.08. The van der Waals surface area contributed by atoms with Gasteiger partial charge in [-0.1, -0.05) is 6.07 Å². The van der Waals surface area contributed by atoms with Gasteiger partial charge in [-0.25, -0.2) is 18.2 Å². The number of aromatic carboxylic acids is 1. The number of hydrogen-bond donors (Lipinski definition) is 3. The molecular weight excluding hydrogens is 316 g/mol. The predicted molar refractivity (Wildman–Crippen MR) is 77.5 cm³/mol. The molecule has 2 aromatic rings. The SMILES string of the molecule is Cc1ccc(NS(=O)(=O)c2scnc2C(=O)O)c(C)c1O. The molecule has 112 valence electrons. The highest BCUT2D eigenvalue weighted by atomic mass is 32.2. The molecule has 1 heterocycles. The molecule has 0 aliphatic rings. The molecule has 0 unspecified atom stereocenters. The molecule has 7 nitrogen and oxygen atoms in total. The van der Waals surface area contributed by atoms with Gasteiger partial charge >= 0.3 is 5.97 Å². The third-order valence-corrected chi connectivity index (χ3v) is 5.59. The number of anilines is 1. The second-order valence-electron chi connectivity index (χ2n) is 4.30. The molecule has 0 saturated heterocycles. The Morgan fingerprint density at radius 2 is 2.00 bits per heavy atom. The molecule has 0 radical (unpaired) electrons. The first kappa shape index (κ1) is 15.3. The van der Waals surface area contributed by atoms with Gasteiger partial charge in [0, 0.05) is 5.56 Å². The number of nitrogens with one attached hydrogen (secondary N) is 1. The third kappa shape index (κ3) is 2.83. The quantitative estimate of drug-likeness (QED) is 0.790. The molecule has 9 heteroatoms. The molecule has 0 atom stereocenters. The Morgan fingerprint density at radius 3 is 2.62 bits per heavy atom. The van der Waals surface area contributed by atoms with Crippen molar-refractivity contribution in [1.82, 2.24) is 4.98 Å². The highest BCUT2D eigenvalue weighted by molar-refractivity contribution is 7.94. The number of rotatable bonds is 4. The van der Waals surface area contributed by atoms with E-state index in [1.54, 1.807) is 19.9 Å². The van der Waals surface area contributed by atoms with Crippen LogP contribution in [0, 0.1) is 13.8 Å². The van der Waals surface area contributed by atoms with Gasteiger partial charge in [-0.2, -0.15) is 0 Å². The first-order chi connectivity index (χ1) is 9.74. The molecule has 1 aromatic heterocycles. The van der Waals surface area contributed by atoms with Gasteiger partial charge < -0.3 is 10.2 Å². The van der Waals surface area contributed by atoms with Crippen LogP contribution < -0.4 is 4.72 Å². The molecule has 0 saturated carbocycles. The molecule has 0 fully saturated rings. The van der Waals surface area contributed by atoms with Gasteiger partial charge in [0.1, 0.15) is 5.75 Å². The summed E-state index contributed by atoms with van der Waals surface area (Å²) in [6.45, 7) is 3.25. The first-order valence-corrected chi connectivity index (χ1v) is 8.09. The number of benzene rings is 1. The molecule has 3 N–H and O–H groups in total. The van der Waals surface area contributed by atoms with Crippen molar-refractivity contribution >= 4 is 33.0 Å². The lowest BCUT2D eigenvalue weighted by atomic mass is 10.1. The lowest BCUT2D eigenvalue weighted by Gasteiger charge is -2.12. The molecule has 2 rings (SSSR count). The van der Waals surface area contributed by atoms with Crippen LogP contribution in [0.2, 0.25) is 0 Å². The first-order valence-electron chi connectivity index (χ1n) is 5.73. The third-order valence-electron chi connectivity index (χ3n) is 2.86. The maximum Gasteiger partial charge on any atom is 0.356 e. The Hall–Kier alpha value is -2.13. The van der Waals surface area contributed by atoms with Crippen molar-refractivity contribution in [2.45, 2.75) is 18.1 Å². The van der Waals surface area contributed by atoms with Crippen LogP contribution in [-0.4, -0.2) is 29.6 Å². The van der Waals surface area contributed by atoms with E-state index < -0.39 is 21.7 Å². The van der Waals surface area contributed by atoms with Crippen molar-refractivity contribution in [3.8, 4) is 5.75 Å². The highest BCUT2D eigenvalue weighted by Gasteiger charge is 2.26. The second-order valence-corrected chi connectivity index (χ2v) is 7.04. The summed E-state index contributed by atoms with van der Waals surface area (Å²) in [5.41, 5.74) is 1.78. The number of thiazole rings is 1. The fourth-order valence-electron chi connectivity index (χ4n) is 1.71. The average Bonchev–Trinajstić information content (AvgIpc) is 2.90. The van der Waals surface area contributed by atoms with Crippen molar-refractivity contribution in [2.24, 2.45) is 0 Å². The van der Waals surface area contributed by atoms with E-state index in [0.717, 1.165) is 5.51 Å².